The minimum absolute atomic E-state index is 0.818. The highest BCUT2D eigenvalue weighted by atomic mass is 15.2. The van der Waals surface area contributed by atoms with Gasteiger partial charge in [-0.1, -0.05) is 38.3 Å². The quantitative estimate of drug-likeness (QED) is 0.814. The lowest BCUT2D eigenvalue weighted by Gasteiger charge is -2.40. The van der Waals surface area contributed by atoms with E-state index < -0.39 is 0 Å². The van der Waals surface area contributed by atoms with Gasteiger partial charge in [0.1, 0.15) is 0 Å². The van der Waals surface area contributed by atoms with E-state index in [0.717, 1.165) is 30.2 Å². The van der Waals surface area contributed by atoms with Crippen LogP contribution in [-0.4, -0.2) is 17.0 Å². The minimum atomic E-state index is 0.818. The van der Waals surface area contributed by atoms with E-state index >= 15 is 0 Å². The van der Waals surface area contributed by atoms with Crippen molar-refractivity contribution < 1.29 is 0 Å². The summed E-state index contributed by atoms with van der Waals surface area (Å²) in [5.41, 5.74) is 8.10. The van der Waals surface area contributed by atoms with Crippen molar-refractivity contribution in [1.82, 2.24) is 4.90 Å². The van der Waals surface area contributed by atoms with Gasteiger partial charge in [0.25, 0.3) is 0 Å². The Kier molecular flexibility index (Phi) is 4.30. The molecule has 2 aliphatic carbocycles. The molecule has 2 heteroatoms. The van der Waals surface area contributed by atoms with Gasteiger partial charge in [-0.3, -0.25) is 4.90 Å². The third-order valence-corrected chi connectivity index (χ3v) is 5.18. The van der Waals surface area contributed by atoms with Gasteiger partial charge in [-0.2, -0.15) is 0 Å². The van der Waals surface area contributed by atoms with Gasteiger partial charge in [-0.05, 0) is 49.3 Å². The van der Waals surface area contributed by atoms with Crippen LogP contribution in [0.1, 0.15) is 57.4 Å². The highest BCUT2D eigenvalue weighted by Gasteiger charge is 2.37. The molecule has 0 radical (unpaired) electrons. The molecule has 2 saturated carbocycles. The van der Waals surface area contributed by atoms with Gasteiger partial charge in [-0.15, -0.1) is 0 Å². The molecule has 2 aliphatic rings. The first-order valence-corrected chi connectivity index (χ1v) is 8.38. The highest BCUT2D eigenvalue weighted by Crippen LogP contribution is 2.38. The van der Waals surface area contributed by atoms with Crippen molar-refractivity contribution >= 4 is 5.69 Å². The van der Waals surface area contributed by atoms with Crippen molar-refractivity contribution in [3.05, 3.63) is 29.8 Å². The maximum Gasteiger partial charge on any atom is 0.0314 e. The van der Waals surface area contributed by atoms with Crippen molar-refractivity contribution in [2.45, 2.75) is 70.5 Å². The number of nitrogen functional groups attached to an aromatic ring is 1. The van der Waals surface area contributed by atoms with Crippen molar-refractivity contribution in [3.63, 3.8) is 0 Å². The molecule has 1 aromatic carbocycles. The fourth-order valence-electron chi connectivity index (χ4n) is 3.86. The van der Waals surface area contributed by atoms with E-state index in [0.29, 0.717) is 0 Å². The van der Waals surface area contributed by atoms with E-state index in [1.807, 2.05) is 12.1 Å². The number of benzene rings is 1. The Morgan fingerprint density at radius 1 is 1.05 bits per heavy atom. The number of hydrogen-bond acceptors (Lipinski definition) is 2. The molecule has 2 atom stereocenters. The molecule has 3 rings (SSSR count). The molecule has 0 aromatic heterocycles. The van der Waals surface area contributed by atoms with Crippen molar-refractivity contribution in [2.75, 3.05) is 5.73 Å². The number of nitrogens with zero attached hydrogens (tertiary/aromatic N) is 1. The predicted octanol–water partition coefficient (Wildman–Crippen LogP) is 4.20. The molecule has 0 heterocycles. The van der Waals surface area contributed by atoms with E-state index in [9.17, 15) is 0 Å². The molecule has 2 nitrogen and oxygen atoms in total. The normalized spacial score (nSPS) is 26.9. The summed E-state index contributed by atoms with van der Waals surface area (Å²) in [4.78, 5) is 2.82. The van der Waals surface area contributed by atoms with Gasteiger partial charge in [0.2, 0.25) is 0 Å². The smallest absolute Gasteiger partial charge is 0.0314 e. The summed E-state index contributed by atoms with van der Waals surface area (Å²) in [5, 5.41) is 0. The SMILES string of the molecule is CCC1CCCCC1N(Cc1ccc(N)cc1)C1CC1. The molecule has 1 aromatic rings. The van der Waals surface area contributed by atoms with Crippen molar-refractivity contribution in [1.29, 1.82) is 0 Å². The lowest BCUT2D eigenvalue weighted by atomic mass is 9.81. The molecular formula is C18H28N2. The largest absolute Gasteiger partial charge is 0.399 e. The molecule has 110 valence electrons. The number of rotatable bonds is 5. The zero-order valence-corrected chi connectivity index (χ0v) is 12.7. The van der Waals surface area contributed by atoms with Crippen LogP contribution in [0.5, 0.6) is 0 Å². The first kappa shape index (κ1) is 13.9. The van der Waals surface area contributed by atoms with E-state index in [-0.39, 0.29) is 0 Å². The van der Waals surface area contributed by atoms with Crippen LogP contribution in [0.4, 0.5) is 5.69 Å². The van der Waals surface area contributed by atoms with Gasteiger partial charge in [0.15, 0.2) is 0 Å². The topological polar surface area (TPSA) is 29.3 Å². The van der Waals surface area contributed by atoms with E-state index in [2.05, 4.69) is 24.0 Å². The van der Waals surface area contributed by atoms with Gasteiger partial charge < -0.3 is 5.73 Å². The standard InChI is InChI=1S/C18H28N2/c1-2-15-5-3-4-6-18(15)20(17-11-12-17)13-14-7-9-16(19)10-8-14/h7-10,15,17-18H,2-6,11-13,19H2,1H3. The Hall–Kier alpha value is -1.02. The summed E-state index contributed by atoms with van der Waals surface area (Å²) in [5.74, 6) is 0.915. The number of hydrogen-bond donors (Lipinski definition) is 1. The maximum atomic E-state index is 5.80. The molecule has 20 heavy (non-hydrogen) atoms. The average Bonchev–Trinajstić information content (AvgIpc) is 3.31. The lowest BCUT2D eigenvalue weighted by Crippen LogP contribution is -2.43. The number of nitrogens with two attached hydrogens (primary N) is 1. The Labute approximate surface area is 123 Å². The van der Waals surface area contributed by atoms with Crippen molar-refractivity contribution in [3.8, 4) is 0 Å². The van der Waals surface area contributed by atoms with Gasteiger partial charge in [-0.25, -0.2) is 0 Å². The fourth-order valence-corrected chi connectivity index (χ4v) is 3.86. The van der Waals surface area contributed by atoms with Gasteiger partial charge in [0.05, 0.1) is 0 Å². The Bertz CT molecular complexity index is 422. The maximum absolute atomic E-state index is 5.80. The van der Waals surface area contributed by atoms with Crippen LogP contribution < -0.4 is 5.73 Å². The van der Waals surface area contributed by atoms with Crippen LogP contribution >= 0.6 is 0 Å². The second kappa shape index (κ2) is 6.17. The summed E-state index contributed by atoms with van der Waals surface area (Å²) in [6.45, 7) is 3.49. The molecule has 0 bridgehead atoms. The Morgan fingerprint density at radius 3 is 2.40 bits per heavy atom. The second-order valence-electron chi connectivity index (χ2n) is 6.67. The second-order valence-corrected chi connectivity index (χ2v) is 6.67. The number of anilines is 1. The van der Waals surface area contributed by atoms with Crippen LogP contribution in [-0.2, 0) is 6.54 Å². The Morgan fingerprint density at radius 2 is 1.75 bits per heavy atom. The monoisotopic (exact) mass is 272 g/mol. The highest BCUT2D eigenvalue weighted by molar-refractivity contribution is 5.39. The van der Waals surface area contributed by atoms with E-state index in [4.69, 9.17) is 5.73 Å². The van der Waals surface area contributed by atoms with E-state index in [1.54, 1.807) is 0 Å². The summed E-state index contributed by atoms with van der Waals surface area (Å²) in [6, 6.07) is 10.2. The average molecular weight is 272 g/mol. The summed E-state index contributed by atoms with van der Waals surface area (Å²) in [7, 11) is 0. The van der Waals surface area contributed by atoms with Gasteiger partial charge >= 0.3 is 0 Å². The Balaban J connectivity index is 1.73. The van der Waals surface area contributed by atoms with Crippen LogP contribution in [0.25, 0.3) is 0 Å². The van der Waals surface area contributed by atoms with Crippen LogP contribution in [0.2, 0.25) is 0 Å². The molecule has 0 spiro atoms. The minimum Gasteiger partial charge on any atom is -0.399 e. The molecule has 2 N–H and O–H groups in total. The molecule has 0 aliphatic heterocycles. The van der Waals surface area contributed by atoms with Gasteiger partial charge in [0, 0.05) is 24.3 Å². The fraction of sp³-hybridized carbons (Fsp3) is 0.667. The first-order valence-electron chi connectivity index (χ1n) is 8.38. The molecular weight excluding hydrogens is 244 g/mol. The van der Waals surface area contributed by atoms with Crippen LogP contribution in [0, 0.1) is 5.92 Å². The van der Waals surface area contributed by atoms with Crippen LogP contribution in [0.3, 0.4) is 0 Å². The zero-order chi connectivity index (χ0) is 13.9. The molecule has 0 saturated heterocycles. The lowest BCUT2D eigenvalue weighted by molar-refractivity contribution is 0.0864. The summed E-state index contributed by atoms with van der Waals surface area (Å²) in [6.07, 6.45) is 9.86. The third-order valence-electron chi connectivity index (χ3n) is 5.18. The summed E-state index contributed by atoms with van der Waals surface area (Å²) >= 11 is 0. The summed E-state index contributed by atoms with van der Waals surface area (Å²) < 4.78 is 0. The third kappa shape index (κ3) is 3.17. The van der Waals surface area contributed by atoms with Crippen molar-refractivity contribution in [2.24, 2.45) is 5.92 Å². The first-order chi connectivity index (χ1) is 9.78. The predicted molar refractivity (Wildman–Crippen MR) is 85.5 cm³/mol. The zero-order valence-electron chi connectivity index (χ0n) is 12.7. The van der Waals surface area contributed by atoms with E-state index in [1.165, 1.54) is 50.5 Å². The van der Waals surface area contributed by atoms with Crippen LogP contribution in [0.15, 0.2) is 24.3 Å². The molecule has 2 unspecified atom stereocenters. The molecule has 0 amide bonds. The molecule has 2 fully saturated rings.